The summed E-state index contributed by atoms with van der Waals surface area (Å²) in [5.41, 5.74) is 26.3. The summed E-state index contributed by atoms with van der Waals surface area (Å²) in [4.78, 5) is 4.03. The molecular formula is C40H42N2Si. The molecule has 5 aromatic carbocycles. The molecule has 0 aliphatic rings. The van der Waals surface area contributed by atoms with E-state index in [9.17, 15) is 5.53 Å². The predicted octanol–water partition coefficient (Wildman–Crippen LogP) is 10.5. The topological polar surface area (TPSA) is 36.4 Å². The largest absolute Gasteiger partial charge is 0.361 e. The molecule has 0 saturated heterocycles. The summed E-state index contributed by atoms with van der Waals surface area (Å²) < 4.78 is 0. The number of fused-ring (bicyclic) bond motifs is 2. The molecule has 216 valence electrons. The van der Waals surface area contributed by atoms with Gasteiger partial charge in [0.15, 0.2) is 0 Å². The zero-order valence-electron chi connectivity index (χ0n) is 27.3. The van der Waals surface area contributed by atoms with Crippen molar-refractivity contribution in [1.82, 2.24) is 0 Å². The van der Waals surface area contributed by atoms with Crippen LogP contribution >= 0.6 is 0 Å². The van der Waals surface area contributed by atoms with Crippen LogP contribution in [-0.4, -0.2) is 18.6 Å². The Balaban J connectivity index is 1.85. The van der Waals surface area contributed by atoms with E-state index in [1.54, 1.807) is 0 Å². The summed E-state index contributed by atoms with van der Waals surface area (Å²) in [7, 11) is -1.51. The van der Waals surface area contributed by atoms with Crippen molar-refractivity contribution in [2.45, 2.75) is 73.5 Å². The Hall–Kier alpha value is -4.22. The van der Waals surface area contributed by atoms with E-state index < -0.39 is 8.07 Å². The zero-order chi connectivity index (χ0) is 31.3. The maximum absolute atomic E-state index is 10.7. The van der Waals surface area contributed by atoms with Crippen LogP contribution in [0.4, 0.5) is 0 Å². The Morgan fingerprint density at radius 2 is 1.12 bits per heavy atom. The first kappa shape index (κ1) is 30.2. The van der Waals surface area contributed by atoms with E-state index in [0.29, 0.717) is 5.71 Å². The quantitative estimate of drug-likeness (QED) is 0.0510. The predicted molar refractivity (Wildman–Crippen MR) is 188 cm³/mol. The highest BCUT2D eigenvalue weighted by molar-refractivity contribution is 6.83. The maximum atomic E-state index is 10.7. The third-order valence-corrected chi connectivity index (χ3v) is 9.14. The van der Waals surface area contributed by atoms with Gasteiger partial charge >= 0.3 is 5.71 Å². The summed E-state index contributed by atoms with van der Waals surface area (Å²) in [5.74, 6) is 3.41. The second-order valence-electron chi connectivity index (χ2n) is 14.0. The first-order valence-electron chi connectivity index (χ1n) is 15.1. The molecule has 2 nitrogen and oxygen atoms in total. The van der Waals surface area contributed by atoms with Crippen molar-refractivity contribution >= 4 is 35.3 Å². The molecule has 0 unspecified atom stereocenters. The molecule has 5 rings (SSSR count). The monoisotopic (exact) mass is 578 g/mol. The van der Waals surface area contributed by atoms with Gasteiger partial charge in [-0.15, -0.1) is 5.54 Å². The fraction of sp³-hybridized carbons (Fsp3) is 0.275. The van der Waals surface area contributed by atoms with Crippen LogP contribution in [0.5, 0.6) is 0 Å². The van der Waals surface area contributed by atoms with E-state index >= 15 is 0 Å². The maximum Gasteiger partial charge on any atom is 0.331 e. The second-order valence-corrected chi connectivity index (χ2v) is 18.8. The first-order valence-corrected chi connectivity index (χ1v) is 18.6. The van der Waals surface area contributed by atoms with Gasteiger partial charge in [0.1, 0.15) is 8.07 Å². The zero-order valence-corrected chi connectivity index (χ0v) is 28.3. The smallest absolute Gasteiger partial charge is 0.331 e. The summed E-state index contributed by atoms with van der Waals surface area (Å²) in [5, 5.41) is 4.45. The molecule has 0 aromatic heterocycles. The number of benzene rings is 5. The van der Waals surface area contributed by atoms with Crippen molar-refractivity contribution in [1.29, 1.82) is 0 Å². The number of rotatable bonds is 3. The lowest BCUT2D eigenvalue weighted by atomic mass is 9.79. The van der Waals surface area contributed by atoms with Gasteiger partial charge in [0, 0.05) is 5.56 Å². The van der Waals surface area contributed by atoms with E-state index in [0.717, 1.165) is 49.4 Å². The third-order valence-electron chi connectivity index (χ3n) is 8.27. The SMILES string of the molecule is Cc1cc(C#C[Si](C)(C)C)cc(C)c1C(=[N+]=[N-])c1c2ccccc2c(-c2c(C)cc(C(C)(C)C)cc2C)c2ccccc12. The normalized spacial score (nSPS) is 11.8. The van der Waals surface area contributed by atoms with E-state index in [4.69, 9.17) is 0 Å². The average Bonchev–Trinajstić information content (AvgIpc) is 2.92. The van der Waals surface area contributed by atoms with Gasteiger partial charge in [-0.1, -0.05) is 107 Å². The van der Waals surface area contributed by atoms with Gasteiger partial charge in [-0.25, -0.2) is 0 Å². The van der Waals surface area contributed by atoms with Crippen LogP contribution < -0.4 is 0 Å². The first-order chi connectivity index (χ1) is 20.2. The minimum atomic E-state index is -1.51. The molecule has 0 aliphatic carbocycles. The van der Waals surface area contributed by atoms with E-state index in [-0.39, 0.29) is 5.41 Å². The lowest BCUT2D eigenvalue weighted by molar-refractivity contribution is -0.00264. The van der Waals surface area contributed by atoms with Crippen LogP contribution in [-0.2, 0) is 5.41 Å². The van der Waals surface area contributed by atoms with Crippen LogP contribution in [0.2, 0.25) is 19.6 Å². The molecule has 0 heterocycles. The van der Waals surface area contributed by atoms with Crippen molar-refractivity contribution in [2.75, 3.05) is 0 Å². The van der Waals surface area contributed by atoms with Gasteiger partial charge in [0.05, 0.1) is 11.1 Å². The molecule has 0 atom stereocenters. The van der Waals surface area contributed by atoms with Crippen molar-refractivity contribution in [2.24, 2.45) is 0 Å². The Kier molecular flexibility index (Phi) is 7.82. The highest BCUT2D eigenvalue weighted by atomic mass is 28.3. The lowest BCUT2D eigenvalue weighted by Crippen LogP contribution is -2.16. The fourth-order valence-corrected chi connectivity index (χ4v) is 6.86. The molecule has 0 bridgehead atoms. The summed E-state index contributed by atoms with van der Waals surface area (Å²) >= 11 is 0. The lowest BCUT2D eigenvalue weighted by Gasteiger charge is -2.24. The van der Waals surface area contributed by atoms with Gasteiger partial charge in [-0.2, -0.15) is 4.79 Å². The number of hydrogen-bond donors (Lipinski definition) is 0. The molecule has 0 aliphatic heterocycles. The van der Waals surface area contributed by atoms with Gasteiger partial charge in [0.25, 0.3) is 0 Å². The Morgan fingerprint density at radius 3 is 1.53 bits per heavy atom. The van der Waals surface area contributed by atoms with Gasteiger partial charge in [0.2, 0.25) is 0 Å². The van der Waals surface area contributed by atoms with Crippen LogP contribution in [0.15, 0.2) is 72.8 Å². The molecule has 0 amide bonds. The molecule has 0 spiro atoms. The van der Waals surface area contributed by atoms with Crippen LogP contribution in [0, 0.1) is 39.2 Å². The van der Waals surface area contributed by atoms with Crippen molar-refractivity contribution in [3.8, 4) is 22.6 Å². The molecule has 0 saturated carbocycles. The molecular weight excluding hydrogens is 537 g/mol. The van der Waals surface area contributed by atoms with E-state index in [1.165, 1.54) is 27.8 Å². The van der Waals surface area contributed by atoms with Crippen LogP contribution in [0.1, 0.15) is 65.3 Å². The highest BCUT2D eigenvalue weighted by Crippen LogP contribution is 2.43. The number of aryl methyl sites for hydroxylation is 4. The van der Waals surface area contributed by atoms with Crippen molar-refractivity contribution < 1.29 is 4.79 Å². The van der Waals surface area contributed by atoms with Gasteiger partial charge in [-0.3, -0.25) is 0 Å². The summed E-state index contributed by atoms with van der Waals surface area (Å²) in [6.45, 7) is 22.2. The summed E-state index contributed by atoms with van der Waals surface area (Å²) in [6, 6.07) is 26.1. The molecule has 3 heteroatoms. The Morgan fingerprint density at radius 1 is 0.651 bits per heavy atom. The van der Waals surface area contributed by atoms with E-state index in [2.05, 4.69) is 157 Å². The minimum Gasteiger partial charge on any atom is -0.361 e. The molecule has 0 N–H and O–H groups in total. The van der Waals surface area contributed by atoms with Crippen LogP contribution in [0.3, 0.4) is 0 Å². The molecule has 43 heavy (non-hydrogen) atoms. The Labute approximate surface area is 258 Å². The van der Waals surface area contributed by atoms with Crippen LogP contribution in [0.25, 0.3) is 38.2 Å². The van der Waals surface area contributed by atoms with Crippen molar-refractivity contribution in [3.63, 3.8) is 0 Å². The highest BCUT2D eigenvalue weighted by Gasteiger charge is 2.28. The Bertz CT molecular complexity index is 1930. The average molecular weight is 579 g/mol. The van der Waals surface area contributed by atoms with Crippen molar-refractivity contribution in [3.05, 3.63) is 123 Å². The molecule has 5 aromatic rings. The minimum absolute atomic E-state index is 0.0695. The summed E-state index contributed by atoms with van der Waals surface area (Å²) in [6.07, 6.45) is 0. The second kappa shape index (κ2) is 11.1. The fourth-order valence-electron chi connectivity index (χ4n) is 6.34. The van der Waals surface area contributed by atoms with E-state index in [1.807, 2.05) is 0 Å². The number of nitrogens with zero attached hydrogens (tertiary/aromatic N) is 2. The van der Waals surface area contributed by atoms with Gasteiger partial charge < -0.3 is 5.53 Å². The molecule has 0 fully saturated rings. The number of hydrogen-bond acceptors (Lipinski definition) is 0. The third kappa shape index (κ3) is 5.74. The molecule has 0 radical (unpaired) electrons. The van der Waals surface area contributed by atoms with Gasteiger partial charge in [-0.05, 0) is 106 Å². The standard InChI is InChI=1S/C40H42N2Si/c1-25-21-29(19-20-43(8,9)10)22-26(2)36(25)39(42-41)38-33-17-13-11-15-31(33)37(32-16-12-14-18-34(32)38)35-27(3)23-30(24-28(35)4)40(5,6)7/h11-18,21-24H,1-10H3.